The maximum Gasteiger partial charge on any atom is 0.276 e. The van der Waals surface area contributed by atoms with E-state index in [4.69, 9.17) is 5.73 Å². The van der Waals surface area contributed by atoms with E-state index in [-0.39, 0.29) is 37.0 Å². The van der Waals surface area contributed by atoms with Crippen molar-refractivity contribution in [2.45, 2.75) is 23.8 Å². The number of hydrogen-bond donors (Lipinski definition) is 1. The molecule has 0 saturated carbocycles. The molecule has 0 amide bonds. The second-order valence-corrected chi connectivity index (χ2v) is 8.25. The van der Waals surface area contributed by atoms with Crippen molar-refractivity contribution in [3.8, 4) is 0 Å². The van der Waals surface area contributed by atoms with E-state index in [1.165, 1.54) is 6.92 Å². The van der Waals surface area contributed by atoms with Crippen LogP contribution in [0.2, 0.25) is 0 Å². The monoisotopic (exact) mass is 415 g/mol. The van der Waals surface area contributed by atoms with Crippen LogP contribution in [0, 0.1) is 22.9 Å². The summed E-state index contributed by atoms with van der Waals surface area (Å²) in [6, 6.07) is 10.6. The van der Waals surface area contributed by atoms with Gasteiger partial charge in [0.2, 0.25) is 10.0 Å². The first-order chi connectivity index (χ1) is 12.2. The molecule has 2 atom stereocenters. The summed E-state index contributed by atoms with van der Waals surface area (Å²) in [7, 11) is -4.10. The third-order valence-electron chi connectivity index (χ3n) is 4.68. The van der Waals surface area contributed by atoms with Crippen LogP contribution >= 0.6 is 12.4 Å². The second-order valence-electron chi connectivity index (χ2n) is 6.31. The zero-order valence-electron chi connectivity index (χ0n) is 14.4. The van der Waals surface area contributed by atoms with Gasteiger partial charge in [-0.15, -0.1) is 12.4 Å². The summed E-state index contributed by atoms with van der Waals surface area (Å²) >= 11 is 0. The van der Waals surface area contributed by atoms with Crippen molar-refractivity contribution in [1.29, 1.82) is 0 Å². The Labute approximate surface area is 162 Å². The van der Waals surface area contributed by atoms with Crippen molar-refractivity contribution in [3.63, 3.8) is 0 Å². The lowest BCUT2D eigenvalue weighted by molar-refractivity contribution is -0.385. The predicted octanol–water partition coefficient (Wildman–Crippen LogP) is 2.58. The maximum absolute atomic E-state index is 14.0. The fourth-order valence-corrected chi connectivity index (χ4v) is 4.70. The van der Waals surface area contributed by atoms with Crippen LogP contribution < -0.4 is 5.73 Å². The lowest BCUT2D eigenvalue weighted by Crippen LogP contribution is -2.32. The molecule has 0 spiro atoms. The number of hydrogen-bond acceptors (Lipinski definition) is 5. The Morgan fingerprint density at radius 2 is 1.85 bits per heavy atom. The minimum Gasteiger partial charge on any atom is -0.326 e. The van der Waals surface area contributed by atoms with Crippen LogP contribution in [0.25, 0.3) is 0 Å². The molecule has 1 saturated heterocycles. The highest BCUT2D eigenvalue weighted by Gasteiger charge is 2.39. The van der Waals surface area contributed by atoms with Gasteiger partial charge in [0.25, 0.3) is 5.69 Å². The number of sulfonamides is 1. The zero-order valence-corrected chi connectivity index (χ0v) is 16.0. The molecule has 0 radical (unpaired) electrons. The molecule has 2 aromatic rings. The van der Waals surface area contributed by atoms with Crippen molar-refractivity contribution in [2.24, 2.45) is 5.73 Å². The summed E-state index contributed by atoms with van der Waals surface area (Å²) < 4.78 is 40.9. The number of nitrogens with two attached hydrogens (primary N) is 1. The second kappa shape index (κ2) is 7.89. The number of benzene rings is 2. The third-order valence-corrected chi connectivity index (χ3v) is 6.49. The molecule has 0 bridgehead atoms. The molecule has 10 heteroatoms. The van der Waals surface area contributed by atoms with Gasteiger partial charge in [0.05, 0.1) is 15.4 Å². The Balaban J connectivity index is 0.00000261. The SMILES string of the molecule is Cc1c(F)cc(S(=O)(=O)N2C[C@@H](N)[C@H](c3ccccc3)C2)cc1[N+](=O)[O-].Cl. The van der Waals surface area contributed by atoms with E-state index in [1.807, 2.05) is 30.3 Å². The minimum atomic E-state index is -4.10. The number of nitro benzene ring substituents is 1. The first-order valence-electron chi connectivity index (χ1n) is 7.97. The van der Waals surface area contributed by atoms with E-state index >= 15 is 0 Å². The normalized spacial score (nSPS) is 20.3. The van der Waals surface area contributed by atoms with Gasteiger partial charge in [0, 0.05) is 31.1 Å². The van der Waals surface area contributed by atoms with Crippen molar-refractivity contribution >= 4 is 28.1 Å². The highest BCUT2D eigenvalue weighted by atomic mass is 35.5. The molecular weight excluding hydrogens is 397 g/mol. The molecule has 1 aliphatic rings. The Bertz CT molecular complexity index is 956. The lowest BCUT2D eigenvalue weighted by Gasteiger charge is -2.17. The van der Waals surface area contributed by atoms with Gasteiger partial charge in [0.1, 0.15) is 5.82 Å². The first-order valence-corrected chi connectivity index (χ1v) is 9.41. The van der Waals surface area contributed by atoms with Crippen LogP contribution in [0.5, 0.6) is 0 Å². The predicted molar refractivity (Wildman–Crippen MR) is 101 cm³/mol. The van der Waals surface area contributed by atoms with Gasteiger partial charge in [0.15, 0.2) is 0 Å². The fourth-order valence-electron chi connectivity index (χ4n) is 3.17. The third kappa shape index (κ3) is 3.96. The van der Waals surface area contributed by atoms with Crippen molar-refractivity contribution < 1.29 is 17.7 Å². The van der Waals surface area contributed by atoms with E-state index < -0.39 is 37.4 Å². The van der Waals surface area contributed by atoms with Gasteiger partial charge in [-0.25, -0.2) is 12.8 Å². The van der Waals surface area contributed by atoms with E-state index in [9.17, 15) is 22.9 Å². The lowest BCUT2D eigenvalue weighted by atomic mass is 9.95. The average Bonchev–Trinajstić information content (AvgIpc) is 3.00. The Morgan fingerprint density at radius 3 is 2.44 bits per heavy atom. The van der Waals surface area contributed by atoms with Crippen molar-refractivity contribution in [1.82, 2.24) is 4.31 Å². The molecule has 27 heavy (non-hydrogen) atoms. The van der Waals surface area contributed by atoms with Crippen LogP contribution in [0.1, 0.15) is 17.0 Å². The summed E-state index contributed by atoms with van der Waals surface area (Å²) in [5.74, 6) is -1.13. The topological polar surface area (TPSA) is 107 Å². The summed E-state index contributed by atoms with van der Waals surface area (Å²) in [5, 5.41) is 11.1. The van der Waals surface area contributed by atoms with E-state index in [0.29, 0.717) is 0 Å². The zero-order chi connectivity index (χ0) is 19.1. The van der Waals surface area contributed by atoms with Crippen LogP contribution in [-0.2, 0) is 10.0 Å². The standard InChI is InChI=1S/C17H18FN3O4S.ClH/c1-11-15(18)7-13(8-17(11)21(22)23)26(24,25)20-9-14(16(19)10-20)12-5-3-2-4-6-12;/h2-8,14,16H,9-10,19H2,1H3;1H/t14-,16+;/m0./s1. The number of halogens is 2. The summed E-state index contributed by atoms with van der Waals surface area (Å²) in [6.45, 7) is 1.43. The average molecular weight is 416 g/mol. The fraction of sp³-hybridized carbons (Fsp3) is 0.294. The van der Waals surface area contributed by atoms with Gasteiger partial charge in [-0.05, 0) is 18.6 Å². The van der Waals surface area contributed by atoms with Crippen LogP contribution in [0.4, 0.5) is 10.1 Å². The highest BCUT2D eigenvalue weighted by Crippen LogP contribution is 2.32. The van der Waals surface area contributed by atoms with Gasteiger partial charge in [-0.2, -0.15) is 4.31 Å². The molecule has 3 rings (SSSR count). The molecule has 0 aromatic heterocycles. The van der Waals surface area contributed by atoms with E-state index in [0.717, 1.165) is 22.0 Å². The summed E-state index contributed by atoms with van der Waals surface area (Å²) in [6.07, 6.45) is 0. The molecule has 2 aromatic carbocycles. The Kier molecular flexibility index (Phi) is 6.21. The Hall–Kier alpha value is -2.07. The number of nitrogens with zero attached hydrogens (tertiary/aromatic N) is 2. The number of rotatable bonds is 4. The number of nitro groups is 1. The van der Waals surface area contributed by atoms with E-state index in [1.54, 1.807) is 0 Å². The molecule has 2 N–H and O–H groups in total. The Morgan fingerprint density at radius 1 is 1.22 bits per heavy atom. The van der Waals surface area contributed by atoms with Crippen LogP contribution in [0.3, 0.4) is 0 Å². The minimum absolute atomic E-state index is 0. The molecule has 1 heterocycles. The van der Waals surface area contributed by atoms with Gasteiger partial charge < -0.3 is 5.73 Å². The molecule has 7 nitrogen and oxygen atoms in total. The first kappa shape index (κ1) is 21.2. The molecule has 0 aliphatic carbocycles. The molecule has 146 valence electrons. The van der Waals surface area contributed by atoms with Crippen LogP contribution in [0.15, 0.2) is 47.4 Å². The van der Waals surface area contributed by atoms with Crippen molar-refractivity contribution in [2.75, 3.05) is 13.1 Å². The van der Waals surface area contributed by atoms with E-state index in [2.05, 4.69) is 0 Å². The van der Waals surface area contributed by atoms with Gasteiger partial charge in [-0.3, -0.25) is 10.1 Å². The molecular formula is C17H19ClFN3O4S. The van der Waals surface area contributed by atoms with Crippen molar-refractivity contribution in [3.05, 3.63) is 69.5 Å². The highest BCUT2D eigenvalue weighted by molar-refractivity contribution is 7.89. The molecule has 1 aliphatic heterocycles. The summed E-state index contributed by atoms with van der Waals surface area (Å²) in [4.78, 5) is 9.85. The van der Waals surface area contributed by atoms with Gasteiger partial charge >= 0.3 is 0 Å². The molecule has 1 fully saturated rings. The van der Waals surface area contributed by atoms with Gasteiger partial charge in [-0.1, -0.05) is 30.3 Å². The smallest absolute Gasteiger partial charge is 0.276 e. The quantitative estimate of drug-likeness (QED) is 0.610. The molecule has 0 unspecified atom stereocenters. The maximum atomic E-state index is 14.0. The summed E-state index contributed by atoms with van der Waals surface area (Å²) in [5.41, 5.74) is 6.27. The van der Waals surface area contributed by atoms with Crippen LogP contribution in [-0.4, -0.2) is 36.8 Å². The largest absolute Gasteiger partial charge is 0.326 e.